The van der Waals surface area contributed by atoms with Gasteiger partial charge in [-0.1, -0.05) is 31.5 Å². The van der Waals surface area contributed by atoms with Crippen molar-refractivity contribution >= 4 is 11.6 Å². The molecule has 2 aliphatic heterocycles. The molecule has 0 bridgehead atoms. The Labute approximate surface area is 190 Å². The number of hydrogen-bond acceptors (Lipinski definition) is 5. The minimum absolute atomic E-state index is 0.0760. The summed E-state index contributed by atoms with van der Waals surface area (Å²) in [5.74, 6) is -0.0948. The van der Waals surface area contributed by atoms with E-state index >= 15 is 0 Å². The smallest absolute Gasteiger partial charge is 0.325 e. The highest BCUT2D eigenvalue weighted by Gasteiger charge is 2.18. The van der Waals surface area contributed by atoms with Crippen molar-refractivity contribution in [3.63, 3.8) is 0 Å². The van der Waals surface area contributed by atoms with Crippen LogP contribution < -0.4 is 16.6 Å². The maximum atomic E-state index is 13.0. The number of rotatable bonds is 8. The standard InChI is InChI=1S/C25H25N5O3/c1-2-3-6-18-9-11-20(12-10-18)27-22(31)17-29-14-5-8-21-23(29)28-25(33)30(24(21)32)16-19-7-4-13-26-15-19/h4-5,7-15H,2-3,6,16-17H2,1H3,(H,27,31). The highest BCUT2D eigenvalue weighted by molar-refractivity contribution is 5.90. The van der Waals surface area contributed by atoms with E-state index in [4.69, 9.17) is 0 Å². The van der Waals surface area contributed by atoms with E-state index in [2.05, 4.69) is 22.2 Å². The van der Waals surface area contributed by atoms with Crippen LogP contribution in [-0.4, -0.2) is 25.0 Å². The molecule has 1 amide bonds. The van der Waals surface area contributed by atoms with Crippen molar-refractivity contribution in [2.45, 2.75) is 39.3 Å². The van der Waals surface area contributed by atoms with Crippen molar-refractivity contribution in [3.8, 4) is 11.4 Å². The van der Waals surface area contributed by atoms with E-state index in [9.17, 15) is 14.4 Å². The minimum atomic E-state index is -0.667. The van der Waals surface area contributed by atoms with Crippen LogP contribution in [0.25, 0.3) is 11.4 Å². The zero-order chi connectivity index (χ0) is 23.2. The number of nitrogens with zero attached hydrogens (tertiary/aromatic N) is 4. The van der Waals surface area contributed by atoms with Crippen LogP contribution >= 0.6 is 0 Å². The van der Waals surface area contributed by atoms with Crippen molar-refractivity contribution in [1.29, 1.82) is 0 Å². The van der Waals surface area contributed by atoms with Gasteiger partial charge in [-0.2, -0.15) is 4.98 Å². The van der Waals surface area contributed by atoms with Crippen LogP contribution in [0.4, 0.5) is 5.69 Å². The van der Waals surface area contributed by atoms with Gasteiger partial charge in [0.05, 0.1) is 12.1 Å². The average molecular weight is 444 g/mol. The molecular formula is C25H25N5O3. The van der Waals surface area contributed by atoms with Crippen molar-refractivity contribution in [2.24, 2.45) is 0 Å². The highest BCUT2D eigenvalue weighted by atomic mass is 16.2. The van der Waals surface area contributed by atoms with Gasteiger partial charge in [-0.3, -0.25) is 19.1 Å². The fraction of sp³-hybridized carbons (Fsp3) is 0.240. The van der Waals surface area contributed by atoms with Gasteiger partial charge in [0.2, 0.25) is 5.91 Å². The second-order valence-corrected chi connectivity index (χ2v) is 7.87. The lowest BCUT2D eigenvalue weighted by molar-refractivity contribution is -0.116. The maximum Gasteiger partial charge on any atom is 0.352 e. The van der Waals surface area contributed by atoms with Crippen molar-refractivity contribution in [1.82, 2.24) is 19.1 Å². The van der Waals surface area contributed by atoms with Crippen LogP contribution in [-0.2, 0) is 24.3 Å². The van der Waals surface area contributed by atoms with E-state index in [1.807, 2.05) is 24.3 Å². The van der Waals surface area contributed by atoms with E-state index in [0.717, 1.165) is 29.4 Å². The molecule has 0 atom stereocenters. The van der Waals surface area contributed by atoms with Gasteiger partial charge in [0.25, 0.3) is 5.56 Å². The summed E-state index contributed by atoms with van der Waals surface area (Å²) in [7, 11) is 0. The molecule has 0 fully saturated rings. The van der Waals surface area contributed by atoms with Crippen LogP contribution in [0.2, 0.25) is 0 Å². The lowest BCUT2D eigenvalue weighted by Crippen LogP contribution is -2.38. The molecule has 1 aromatic carbocycles. The van der Waals surface area contributed by atoms with Gasteiger partial charge in [0, 0.05) is 24.3 Å². The first-order valence-electron chi connectivity index (χ1n) is 10.9. The molecule has 0 spiro atoms. The quantitative estimate of drug-likeness (QED) is 0.451. The first-order chi connectivity index (χ1) is 16.0. The molecule has 0 unspecified atom stereocenters. The number of carbonyl (C=O) groups excluding carboxylic acids is 1. The van der Waals surface area contributed by atoms with Crippen LogP contribution in [0, 0.1) is 0 Å². The van der Waals surface area contributed by atoms with Gasteiger partial charge in [-0.15, -0.1) is 0 Å². The Kier molecular flexibility index (Phi) is 6.73. The Bertz CT molecular complexity index is 1330. The van der Waals surface area contributed by atoms with Gasteiger partial charge < -0.3 is 9.88 Å². The van der Waals surface area contributed by atoms with Gasteiger partial charge in [-0.25, -0.2) is 4.79 Å². The molecule has 1 N–H and O–H groups in total. The fourth-order valence-corrected chi connectivity index (χ4v) is 3.65. The third kappa shape index (κ3) is 5.23. The third-order valence-corrected chi connectivity index (χ3v) is 5.38. The van der Waals surface area contributed by atoms with Crippen molar-refractivity contribution < 1.29 is 4.79 Å². The zero-order valence-corrected chi connectivity index (χ0v) is 18.4. The molecule has 8 heteroatoms. The zero-order valence-electron chi connectivity index (χ0n) is 18.4. The van der Waals surface area contributed by atoms with E-state index < -0.39 is 11.2 Å². The Morgan fingerprint density at radius 1 is 1.03 bits per heavy atom. The summed E-state index contributed by atoms with van der Waals surface area (Å²) in [5, 5.41) is 2.86. The Balaban J connectivity index is 1.54. The molecule has 8 nitrogen and oxygen atoms in total. The summed E-state index contributed by atoms with van der Waals surface area (Å²) in [6.45, 7) is 2.16. The molecule has 0 saturated heterocycles. The van der Waals surface area contributed by atoms with Gasteiger partial charge in [-0.05, 0) is 54.3 Å². The van der Waals surface area contributed by atoms with E-state index in [-0.39, 0.29) is 30.4 Å². The molecule has 1 aromatic heterocycles. The minimum Gasteiger partial charge on any atom is -0.325 e. The predicted octanol–water partition coefficient (Wildman–Crippen LogP) is 2.93. The lowest BCUT2D eigenvalue weighted by Gasteiger charge is -2.15. The largest absolute Gasteiger partial charge is 0.352 e. The van der Waals surface area contributed by atoms with Crippen molar-refractivity contribution in [3.05, 3.63) is 99.1 Å². The second kappa shape index (κ2) is 10.0. The SMILES string of the molecule is CCCCc1ccc(NC(=O)Cn2cccc3c(=O)n(Cc4cccnc4)c(=O)nc2-3)cc1. The number of unbranched alkanes of at least 4 members (excludes halogenated alkanes) is 1. The Morgan fingerprint density at radius 2 is 1.85 bits per heavy atom. The third-order valence-electron chi connectivity index (χ3n) is 5.38. The molecule has 33 heavy (non-hydrogen) atoms. The molecule has 0 aliphatic carbocycles. The van der Waals surface area contributed by atoms with Crippen LogP contribution in [0.3, 0.4) is 0 Å². The monoisotopic (exact) mass is 443 g/mol. The summed E-state index contributed by atoms with van der Waals surface area (Å²) < 4.78 is 2.58. The second-order valence-electron chi connectivity index (χ2n) is 7.87. The molecule has 3 heterocycles. The Hall–Kier alpha value is -4.07. The number of amides is 1. The normalized spacial score (nSPS) is 10.9. The number of aryl methyl sites for hydroxylation is 1. The fourth-order valence-electron chi connectivity index (χ4n) is 3.65. The number of anilines is 1. The summed E-state index contributed by atoms with van der Waals surface area (Å²) in [6, 6.07) is 14.6. The van der Waals surface area contributed by atoms with Crippen LogP contribution in [0.1, 0.15) is 30.9 Å². The predicted molar refractivity (Wildman–Crippen MR) is 126 cm³/mol. The number of benzene rings is 1. The van der Waals surface area contributed by atoms with Crippen LogP contribution in [0.5, 0.6) is 0 Å². The summed E-state index contributed by atoms with van der Waals surface area (Å²) in [4.78, 5) is 46.3. The first-order valence-corrected chi connectivity index (χ1v) is 10.9. The van der Waals surface area contributed by atoms with E-state index in [0.29, 0.717) is 5.69 Å². The number of aromatic nitrogens is 4. The number of carbonyl (C=O) groups is 1. The maximum absolute atomic E-state index is 13.0. The number of pyridine rings is 2. The molecule has 0 saturated carbocycles. The van der Waals surface area contributed by atoms with Gasteiger partial charge in [0.1, 0.15) is 6.54 Å². The molecule has 2 aromatic rings. The topological polar surface area (TPSA) is 98.9 Å². The number of fused-ring (bicyclic) bond motifs is 1. The summed E-state index contributed by atoms with van der Waals surface area (Å²) in [6.07, 6.45) is 8.13. The average Bonchev–Trinajstić information content (AvgIpc) is 2.82. The molecule has 168 valence electrons. The van der Waals surface area contributed by atoms with Crippen molar-refractivity contribution in [2.75, 3.05) is 5.32 Å². The van der Waals surface area contributed by atoms with Gasteiger partial charge >= 0.3 is 5.69 Å². The summed E-state index contributed by atoms with van der Waals surface area (Å²) in [5.41, 5.74) is 1.80. The van der Waals surface area contributed by atoms with E-state index in [1.165, 1.54) is 10.1 Å². The van der Waals surface area contributed by atoms with E-state index in [1.54, 1.807) is 42.9 Å². The van der Waals surface area contributed by atoms with Crippen LogP contribution in [0.15, 0.2) is 76.7 Å². The highest BCUT2D eigenvalue weighted by Crippen LogP contribution is 2.15. The van der Waals surface area contributed by atoms with Gasteiger partial charge in [0.15, 0.2) is 5.82 Å². The Morgan fingerprint density at radius 3 is 2.58 bits per heavy atom. The molecular weight excluding hydrogens is 418 g/mol. The summed E-state index contributed by atoms with van der Waals surface area (Å²) >= 11 is 0. The molecule has 4 rings (SSSR count). The molecule has 2 aliphatic rings. The molecule has 0 radical (unpaired) electrons. The number of nitrogens with one attached hydrogen (secondary N) is 1. The lowest BCUT2D eigenvalue weighted by atomic mass is 10.1. The number of hydrogen-bond donors (Lipinski definition) is 1. The first kappa shape index (κ1) is 22.1.